The van der Waals surface area contributed by atoms with Crippen LogP contribution in [0.3, 0.4) is 0 Å². The van der Waals surface area contributed by atoms with Crippen molar-refractivity contribution in [3.63, 3.8) is 0 Å². The Kier molecular flexibility index (Phi) is 16.1. The number of halogens is 3. The molecule has 1 rings (SSSR count). The van der Waals surface area contributed by atoms with E-state index >= 15 is 0 Å². The molecule has 108 valence electrons. The van der Waals surface area contributed by atoms with Crippen molar-refractivity contribution in [2.75, 3.05) is 13.2 Å². The van der Waals surface area contributed by atoms with Gasteiger partial charge in [-0.05, 0) is 12.8 Å². The van der Waals surface area contributed by atoms with E-state index < -0.39 is 18.1 Å². The van der Waals surface area contributed by atoms with Gasteiger partial charge in [0.25, 0.3) is 5.97 Å². The number of carboxylic acids is 2. The number of hydrogen-bond donors (Lipinski definition) is 2. The van der Waals surface area contributed by atoms with Crippen LogP contribution in [0.25, 0.3) is 0 Å². The number of alkyl halides is 3. The zero-order valence-corrected chi connectivity index (χ0v) is 9.70. The number of carbonyl (C=O) groups is 3. The largest absolute Gasteiger partial charge is 0.490 e. The first-order chi connectivity index (χ1) is 8.18. The van der Waals surface area contributed by atoms with Crippen molar-refractivity contribution >= 4 is 18.7 Å². The molecule has 0 amide bonds. The van der Waals surface area contributed by atoms with Gasteiger partial charge in [-0.15, -0.1) is 0 Å². The molecule has 1 aliphatic heterocycles. The third-order valence-corrected chi connectivity index (χ3v) is 1.07. The lowest BCUT2D eigenvalue weighted by molar-refractivity contribution is -0.192. The maximum Gasteiger partial charge on any atom is 0.490 e. The van der Waals surface area contributed by atoms with Crippen LogP contribution in [-0.4, -0.2) is 48.3 Å². The molecule has 1 saturated heterocycles. The first-order valence-electron chi connectivity index (χ1n) is 4.54. The fourth-order valence-electron chi connectivity index (χ4n) is 0.510. The first-order valence-corrected chi connectivity index (χ1v) is 4.54. The summed E-state index contributed by atoms with van der Waals surface area (Å²) in [5, 5.41) is 14.5. The van der Waals surface area contributed by atoms with Crippen LogP contribution < -0.4 is 0 Å². The molecule has 0 aromatic carbocycles. The van der Waals surface area contributed by atoms with Gasteiger partial charge in [0.2, 0.25) is 0 Å². The molecule has 0 aromatic rings. The minimum Gasteiger partial charge on any atom is -0.481 e. The summed E-state index contributed by atoms with van der Waals surface area (Å²) in [6.45, 7) is 5.08. The molecule has 1 heterocycles. The fraction of sp³-hybridized carbons (Fsp3) is 0.667. The molecule has 0 spiro atoms. The Hall–Kier alpha value is -1.64. The highest BCUT2D eigenvalue weighted by Crippen LogP contribution is 2.13. The third-order valence-electron chi connectivity index (χ3n) is 1.07. The second kappa shape index (κ2) is 13.4. The Morgan fingerprint density at radius 3 is 1.39 bits per heavy atom. The molecule has 6 nitrogen and oxygen atoms in total. The van der Waals surface area contributed by atoms with Crippen LogP contribution >= 0.6 is 0 Å². The second-order valence-electron chi connectivity index (χ2n) is 2.64. The van der Waals surface area contributed by atoms with Crippen molar-refractivity contribution in [2.45, 2.75) is 25.9 Å². The summed E-state index contributed by atoms with van der Waals surface area (Å²) in [5.41, 5.74) is 0. The summed E-state index contributed by atoms with van der Waals surface area (Å²) in [4.78, 5) is 25.9. The Morgan fingerprint density at radius 2 is 1.33 bits per heavy atom. The van der Waals surface area contributed by atoms with Crippen LogP contribution in [0.2, 0.25) is 0 Å². The van der Waals surface area contributed by atoms with Crippen LogP contribution in [0.15, 0.2) is 0 Å². The predicted octanol–water partition coefficient (Wildman–Crippen LogP) is 1.34. The number of carboxylic acid groups (broad SMARTS) is 2. The Bertz CT molecular complexity index is 213. The number of rotatable bonds is 0. The molecule has 0 atom stereocenters. The van der Waals surface area contributed by atoms with Crippen molar-refractivity contribution in [3.8, 4) is 0 Å². The topological polar surface area (TPSA) is 101 Å². The molecule has 1 aliphatic rings. The molecule has 2 N–H and O–H groups in total. The van der Waals surface area contributed by atoms with Crippen LogP contribution in [0, 0.1) is 0 Å². The smallest absolute Gasteiger partial charge is 0.481 e. The number of carbonyl (C=O) groups excluding carboxylic acids is 1. The van der Waals surface area contributed by atoms with E-state index in [0.29, 0.717) is 0 Å². The monoisotopic (exact) mass is 276 g/mol. The maximum absolute atomic E-state index is 10.6. The van der Waals surface area contributed by atoms with E-state index in [2.05, 4.69) is 0 Å². The summed E-state index contributed by atoms with van der Waals surface area (Å²) in [6, 6.07) is 0. The van der Waals surface area contributed by atoms with Gasteiger partial charge in [-0.3, -0.25) is 4.79 Å². The highest BCUT2D eigenvalue weighted by molar-refractivity contribution is 5.73. The molecule has 0 bridgehead atoms. The van der Waals surface area contributed by atoms with Crippen molar-refractivity contribution in [1.29, 1.82) is 0 Å². The van der Waals surface area contributed by atoms with Gasteiger partial charge in [0, 0.05) is 20.1 Å². The highest BCUT2D eigenvalue weighted by atomic mass is 19.4. The van der Waals surface area contributed by atoms with Crippen molar-refractivity contribution in [3.05, 3.63) is 0 Å². The minimum atomic E-state index is -5.08. The van der Waals surface area contributed by atoms with Gasteiger partial charge < -0.3 is 19.7 Å². The number of ether oxygens (including phenoxy) is 1. The maximum atomic E-state index is 10.6. The van der Waals surface area contributed by atoms with E-state index in [1.807, 2.05) is 6.79 Å². The average molecular weight is 276 g/mol. The van der Waals surface area contributed by atoms with Crippen LogP contribution in [0.4, 0.5) is 13.2 Å². The van der Waals surface area contributed by atoms with E-state index in [1.54, 1.807) is 0 Å². The Morgan fingerprint density at radius 1 is 1.11 bits per heavy atom. The lowest BCUT2D eigenvalue weighted by atomic mass is 10.4. The summed E-state index contributed by atoms with van der Waals surface area (Å²) in [7, 11) is 0. The lowest BCUT2D eigenvalue weighted by Crippen LogP contribution is -2.21. The Labute approximate surface area is 101 Å². The molecular weight excluding hydrogens is 261 g/mol. The molecular formula is C9H15F3O6. The second-order valence-corrected chi connectivity index (χ2v) is 2.64. The Balaban J connectivity index is -0.000000181. The summed E-state index contributed by atoms with van der Waals surface area (Å²) in [6.07, 6.45) is -2.53. The van der Waals surface area contributed by atoms with Crippen LogP contribution in [0.1, 0.15) is 19.8 Å². The number of aliphatic carboxylic acids is 2. The summed E-state index contributed by atoms with van der Waals surface area (Å²) in [5.74, 6) is -3.59. The first kappa shape index (κ1) is 21.6. The van der Waals surface area contributed by atoms with Gasteiger partial charge in [-0.25, -0.2) is 4.79 Å². The van der Waals surface area contributed by atoms with E-state index in [9.17, 15) is 13.2 Å². The zero-order chi connectivity index (χ0) is 15.2. The fourth-order valence-corrected chi connectivity index (χ4v) is 0.510. The molecule has 0 saturated carbocycles. The third kappa shape index (κ3) is 29.3. The normalized spacial score (nSPS) is 12.7. The molecule has 18 heavy (non-hydrogen) atoms. The summed E-state index contributed by atoms with van der Waals surface area (Å²) < 4.78 is 36.7. The van der Waals surface area contributed by atoms with Gasteiger partial charge >= 0.3 is 12.1 Å². The van der Waals surface area contributed by atoms with E-state index in [0.717, 1.165) is 20.1 Å². The van der Waals surface area contributed by atoms with Gasteiger partial charge in [-0.2, -0.15) is 13.2 Å². The average Bonchev–Trinajstić information content (AvgIpc) is 2.76. The van der Waals surface area contributed by atoms with E-state index in [1.165, 1.54) is 12.8 Å². The highest BCUT2D eigenvalue weighted by Gasteiger charge is 2.38. The van der Waals surface area contributed by atoms with Gasteiger partial charge in [0.1, 0.15) is 6.79 Å². The quantitative estimate of drug-likeness (QED) is 0.692. The minimum absolute atomic E-state index is 0.833. The van der Waals surface area contributed by atoms with Crippen molar-refractivity contribution in [1.82, 2.24) is 0 Å². The number of hydrogen-bond acceptors (Lipinski definition) is 4. The van der Waals surface area contributed by atoms with Crippen molar-refractivity contribution < 1.29 is 42.5 Å². The van der Waals surface area contributed by atoms with Gasteiger partial charge in [-0.1, -0.05) is 0 Å². The van der Waals surface area contributed by atoms with E-state index in [-0.39, 0.29) is 0 Å². The molecule has 0 aliphatic carbocycles. The molecule has 0 aromatic heterocycles. The van der Waals surface area contributed by atoms with Gasteiger partial charge in [0.05, 0.1) is 0 Å². The van der Waals surface area contributed by atoms with Gasteiger partial charge in [0.15, 0.2) is 0 Å². The van der Waals surface area contributed by atoms with Crippen molar-refractivity contribution in [2.24, 2.45) is 0 Å². The molecule has 0 unspecified atom stereocenters. The van der Waals surface area contributed by atoms with E-state index in [4.69, 9.17) is 29.3 Å². The van der Waals surface area contributed by atoms with Crippen LogP contribution in [0.5, 0.6) is 0 Å². The lowest BCUT2D eigenvalue weighted by Gasteiger charge is -1.93. The van der Waals surface area contributed by atoms with Crippen LogP contribution in [-0.2, 0) is 19.1 Å². The predicted molar refractivity (Wildman–Crippen MR) is 54.2 cm³/mol. The molecule has 1 fully saturated rings. The molecule has 9 heteroatoms. The zero-order valence-electron chi connectivity index (χ0n) is 9.70. The molecule has 0 radical (unpaired) electrons. The standard InChI is InChI=1S/C4H8O.C2HF3O2.C2H4O2.CH2O/c1-2-4-5-3-1;3-2(4,5)1(6)7;1-2(3)4;1-2/h1-4H2;(H,6,7);1H3,(H,3,4);1H2. The SMILES string of the molecule is C1CCOC1.C=O.CC(=O)O.O=C(O)C(F)(F)F. The summed E-state index contributed by atoms with van der Waals surface area (Å²) >= 11 is 0.